The second-order valence-electron chi connectivity index (χ2n) is 8.52. The molecule has 33 heavy (non-hydrogen) atoms. The summed E-state index contributed by atoms with van der Waals surface area (Å²) in [6, 6.07) is 4.19. The van der Waals surface area contributed by atoms with Crippen molar-refractivity contribution in [3.8, 4) is 0 Å². The van der Waals surface area contributed by atoms with Gasteiger partial charge >= 0.3 is 0 Å². The Bertz CT molecular complexity index is 985. The van der Waals surface area contributed by atoms with Crippen molar-refractivity contribution in [2.75, 3.05) is 37.7 Å². The Morgan fingerprint density at radius 3 is 2.58 bits per heavy atom. The van der Waals surface area contributed by atoms with E-state index in [9.17, 15) is 24.0 Å². The summed E-state index contributed by atoms with van der Waals surface area (Å²) in [5.41, 5.74) is 1.28. The number of hydrogen-bond donors (Lipinski definition) is 2. The average molecular weight is 456 g/mol. The second kappa shape index (κ2) is 9.70. The number of anilines is 1. The molecule has 3 aliphatic rings. The normalized spacial score (nSPS) is 21.3. The highest BCUT2D eigenvalue weighted by Gasteiger charge is 2.46. The van der Waals surface area contributed by atoms with Crippen LogP contribution in [0.5, 0.6) is 0 Å². The van der Waals surface area contributed by atoms with Crippen molar-refractivity contribution >= 4 is 35.2 Å². The van der Waals surface area contributed by atoms with Gasteiger partial charge in [0.1, 0.15) is 12.6 Å². The van der Waals surface area contributed by atoms with E-state index in [1.54, 1.807) is 12.1 Å². The molecular formula is C23H28N4O6. The van der Waals surface area contributed by atoms with Gasteiger partial charge in [-0.05, 0) is 44.2 Å². The van der Waals surface area contributed by atoms with E-state index in [4.69, 9.17) is 4.74 Å². The van der Waals surface area contributed by atoms with Crippen LogP contribution < -0.4 is 15.5 Å². The van der Waals surface area contributed by atoms with E-state index >= 15 is 0 Å². The number of carbonyl (C=O) groups excluding carboxylic acids is 5. The summed E-state index contributed by atoms with van der Waals surface area (Å²) in [6.45, 7) is 4.34. The van der Waals surface area contributed by atoms with Gasteiger partial charge in [0.05, 0.1) is 16.8 Å². The first-order chi connectivity index (χ1) is 15.9. The number of hydrogen-bond acceptors (Lipinski definition) is 7. The Kier molecular flexibility index (Phi) is 6.73. The Balaban J connectivity index is 1.43. The topological polar surface area (TPSA) is 125 Å². The number of carbonyl (C=O) groups is 5. The maximum absolute atomic E-state index is 13.3. The van der Waals surface area contributed by atoms with Crippen molar-refractivity contribution < 1.29 is 28.7 Å². The minimum atomic E-state index is -0.978. The molecule has 10 nitrogen and oxygen atoms in total. The smallest absolute Gasteiger partial charge is 0.264 e. The number of fused-ring (bicyclic) bond motifs is 1. The summed E-state index contributed by atoms with van der Waals surface area (Å²) < 4.78 is 5.11. The average Bonchev–Trinajstić information content (AvgIpc) is 3.07. The van der Waals surface area contributed by atoms with Crippen LogP contribution in [0, 0.1) is 5.92 Å². The number of amides is 5. The van der Waals surface area contributed by atoms with Crippen molar-refractivity contribution in [1.29, 1.82) is 0 Å². The van der Waals surface area contributed by atoms with Crippen molar-refractivity contribution in [1.82, 2.24) is 15.5 Å². The molecule has 0 bridgehead atoms. The van der Waals surface area contributed by atoms with Crippen LogP contribution in [-0.2, 0) is 19.1 Å². The van der Waals surface area contributed by atoms with Crippen molar-refractivity contribution in [3.05, 3.63) is 29.3 Å². The minimum Gasteiger partial charge on any atom is -0.372 e. The van der Waals surface area contributed by atoms with Gasteiger partial charge in [0.25, 0.3) is 11.8 Å². The number of ether oxygens (including phenoxy) is 1. The molecule has 176 valence electrons. The Morgan fingerprint density at radius 1 is 1.12 bits per heavy atom. The van der Waals surface area contributed by atoms with Gasteiger partial charge in [0.15, 0.2) is 0 Å². The van der Waals surface area contributed by atoms with E-state index < -0.39 is 29.7 Å². The van der Waals surface area contributed by atoms with Crippen molar-refractivity contribution in [2.24, 2.45) is 5.92 Å². The maximum Gasteiger partial charge on any atom is 0.264 e. The summed E-state index contributed by atoms with van der Waals surface area (Å²) in [5, 5.41) is 5.11. The maximum atomic E-state index is 13.3. The van der Waals surface area contributed by atoms with Gasteiger partial charge in [-0.1, -0.05) is 6.07 Å². The van der Waals surface area contributed by atoms with Crippen LogP contribution in [0.4, 0.5) is 5.69 Å². The van der Waals surface area contributed by atoms with E-state index in [-0.39, 0.29) is 30.9 Å². The molecule has 1 unspecified atom stereocenters. The summed E-state index contributed by atoms with van der Waals surface area (Å²) in [6.07, 6.45) is 1.88. The second-order valence-corrected chi connectivity index (χ2v) is 8.52. The molecule has 1 atom stereocenters. The monoisotopic (exact) mass is 456 g/mol. The first-order valence-electron chi connectivity index (χ1n) is 11.3. The third kappa shape index (κ3) is 4.61. The first kappa shape index (κ1) is 22.9. The highest BCUT2D eigenvalue weighted by atomic mass is 16.5. The molecule has 4 rings (SSSR count). The van der Waals surface area contributed by atoms with E-state index in [0.717, 1.165) is 17.7 Å². The lowest BCUT2D eigenvalue weighted by molar-refractivity contribution is -0.136. The Morgan fingerprint density at radius 2 is 1.88 bits per heavy atom. The summed E-state index contributed by atoms with van der Waals surface area (Å²) in [7, 11) is 0. The fraction of sp³-hybridized carbons (Fsp3) is 0.522. The largest absolute Gasteiger partial charge is 0.372 e. The van der Waals surface area contributed by atoms with Crippen LogP contribution >= 0.6 is 0 Å². The van der Waals surface area contributed by atoms with Gasteiger partial charge in [0.2, 0.25) is 17.7 Å². The number of benzene rings is 1. The third-order valence-electron chi connectivity index (χ3n) is 6.43. The Hall–Kier alpha value is -3.27. The summed E-state index contributed by atoms with van der Waals surface area (Å²) in [5.74, 6) is -1.82. The van der Waals surface area contributed by atoms with Crippen LogP contribution in [0.3, 0.4) is 0 Å². The molecule has 2 N–H and O–H groups in total. The third-order valence-corrected chi connectivity index (χ3v) is 6.43. The fourth-order valence-corrected chi connectivity index (χ4v) is 4.64. The van der Waals surface area contributed by atoms with Crippen LogP contribution in [0.15, 0.2) is 18.2 Å². The molecule has 3 heterocycles. The zero-order valence-corrected chi connectivity index (χ0v) is 18.6. The van der Waals surface area contributed by atoms with Crippen LogP contribution in [0.25, 0.3) is 0 Å². The van der Waals surface area contributed by atoms with Gasteiger partial charge in [-0.3, -0.25) is 34.2 Å². The summed E-state index contributed by atoms with van der Waals surface area (Å²) in [4.78, 5) is 64.9. The molecule has 2 saturated heterocycles. The summed E-state index contributed by atoms with van der Waals surface area (Å²) >= 11 is 0. The van der Waals surface area contributed by atoms with Crippen LogP contribution in [0.1, 0.15) is 53.3 Å². The lowest BCUT2D eigenvalue weighted by atomic mass is 9.95. The number of nitrogens with zero attached hydrogens (tertiary/aromatic N) is 2. The van der Waals surface area contributed by atoms with Gasteiger partial charge < -0.3 is 15.0 Å². The molecule has 0 aliphatic carbocycles. The molecule has 10 heteroatoms. The highest BCUT2D eigenvalue weighted by Crippen LogP contribution is 2.35. The first-order valence-corrected chi connectivity index (χ1v) is 11.3. The lowest BCUT2D eigenvalue weighted by Gasteiger charge is -2.34. The molecule has 5 amide bonds. The fourth-order valence-electron chi connectivity index (χ4n) is 4.64. The molecule has 1 aromatic carbocycles. The molecule has 0 saturated carbocycles. The lowest BCUT2D eigenvalue weighted by Crippen LogP contribution is -2.54. The van der Waals surface area contributed by atoms with E-state index in [0.29, 0.717) is 43.4 Å². The van der Waals surface area contributed by atoms with Gasteiger partial charge in [-0.15, -0.1) is 0 Å². The molecule has 1 aromatic rings. The predicted molar refractivity (Wildman–Crippen MR) is 118 cm³/mol. The number of nitrogens with one attached hydrogen (secondary N) is 2. The molecule has 2 fully saturated rings. The zero-order valence-electron chi connectivity index (χ0n) is 18.6. The van der Waals surface area contributed by atoms with E-state index in [1.807, 2.05) is 13.0 Å². The SMILES string of the molecule is CCOCC(=O)NCC1CCN(c2cccc3c2C(=O)N(C2CCC(=O)NC2=O)C3=O)CC1. The van der Waals surface area contributed by atoms with Gasteiger partial charge in [0, 0.05) is 32.7 Å². The quantitative estimate of drug-likeness (QED) is 0.571. The number of rotatable bonds is 7. The zero-order chi connectivity index (χ0) is 23.5. The number of piperidine rings is 2. The highest BCUT2D eigenvalue weighted by molar-refractivity contribution is 6.25. The van der Waals surface area contributed by atoms with Gasteiger partial charge in [-0.25, -0.2) is 0 Å². The molecular weight excluding hydrogens is 428 g/mol. The van der Waals surface area contributed by atoms with Gasteiger partial charge in [-0.2, -0.15) is 0 Å². The van der Waals surface area contributed by atoms with Crippen LogP contribution in [-0.4, -0.2) is 73.3 Å². The molecule has 0 spiro atoms. The molecule has 0 aromatic heterocycles. The van der Waals surface area contributed by atoms with Crippen LogP contribution in [0.2, 0.25) is 0 Å². The standard InChI is InChI=1S/C23H28N4O6/c1-2-33-13-19(29)24-12-14-8-10-26(11-9-14)16-5-3-4-15-20(16)23(32)27(22(15)31)17-6-7-18(28)25-21(17)30/h3-5,14,17H,2,6-13H2,1H3,(H,24,29)(H,25,28,30). The minimum absolute atomic E-state index is 0.0608. The predicted octanol–water partition coefficient (Wildman–Crippen LogP) is 0.457. The number of imide groups is 2. The van der Waals surface area contributed by atoms with Crippen molar-refractivity contribution in [3.63, 3.8) is 0 Å². The molecule has 3 aliphatic heterocycles. The van der Waals surface area contributed by atoms with Crippen molar-refractivity contribution in [2.45, 2.75) is 38.6 Å². The van der Waals surface area contributed by atoms with E-state index in [2.05, 4.69) is 15.5 Å². The van der Waals surface area contributed by atoms with E-state index in [1.165, 1.54) is 0 Å². The Labute approximate surface area is 191 Å². The molecule has 0 radical (unpaired) electrons.